The molecule has 1 N–H and O–H groups in total. The molecular weight excluding hydrogens is 262 g/mol. The van der Waals surface area contributed by atoms with Crippen LogP contribution in [0.15, 0.2) is 30.3 Å². The zero-order valence-electron chi connectivity index (χ0n) is 13.0. The SMILES string of the molecule is CC(O)CCCCC(C(=O)c1ccccc1)N1CCCC1. The number of benzene rings is 1. The monoisotopic (exact) mass is 289 g/mol. The van der Waals surface area contributed by atoms with Crippen LogP contribution in [0.4, 0.5) is 0 Å². The number of Topliss-reactive ketones (excluding diaryl/α,β-unsaturated/α-hetero) is 1. The first-order chi connectivity index (χ1) is 10.2. The van der Waals surface area contributed by atoms with Crippen molar-refractivity contribution < 1.29 is 9.90 Å². The van der Waals surface area contributed by atoms with Gasteiger partial charge in [-0.1, -0.05) is 43.2 Å². The smallest absolute Gasteiger partial charge is 0.179 e. The van der Waals surface area contributed by atoms with Crippen molar-refractivity contribution in [1.82, 2.24) is 4.90 Å². The highest BCUT2D eigenvalue weighted by Crippen LogP contribution is 2.20. The molecule has 0 bridgehead atoms. The number of carbonyl (C=O) groups excluding carboxylic acids is 1. The fourth-order valence-electron chi connectivity index (χ4n) is 3.10. The fourth-order valence-corrected chi connectivity index (χ4v) is 3.10. The van der Waals surface area contributed by atoms with Gasteiger partial charge in [0.05, 0.1) is 12.1 Å². The summed E-state index contributed by atoms with van der Waals surface area (Å²) in [4.78, 5) is 15.1. The molecule has 2 unspecified atom stereocenters. The number of ketones is 1. The summed E-state index contributed by atoms with van der Waals surface area (Å²) in [6, 6.07) is 9.67. The second-order valence-corrected chi connectivity index (χ2v) is 6.12. The lowest BCUT2D eigenvalue weighted by Gasteiger charge is -2.26. The minimum atomic E-state index is -0.236. The zero-order valence-corrected chi connectivity index (χ0v) is 13.0. The average Bonchev–Trinajstić information content (AvgIpc) is 3.01. The first-order valence-corrected chi connectivity index (χ1v) is 8.20. The quantitative estimate of drug-likeness (QED) is 0.590. The Labute approximate surface area is 128 Å². The fraction of sp³-hybridized carbons (Fsp3) is 0.611. The molecule has 2 rings (SSSR count). The highest BCUT2D eigenvalue weighted by Gasteiger charge is 2.28. The Bertz CT molecular complexity index is 424. The maximum Gasteiger partial charge on any atom is 0.179 e. The molecule has 1 aliphatic heterocycles. The molecule has 0 aromatic heterocycles. The Morgan fingerprint density at radius 2 is 1.76 bits per heavy atom. The molecule has 0 amide bonds. The van der Waals surface area contributed by atoms with E-state index in [1.807, 2.05) is 37.3 Å². The highest BCUT2D eigenvalue weighted by atomic mass is 16.3. The standard InChI is InChI=1S/C18H27NO2/c1-15(20)9-5-6-12-17(19-13-7-8-14-19)18(21)16-10-3-2-4-11-16/h2-4,10-11,15,17,20H,5-9,12-14H2,1H3. The van der Waals surface area contributed by atoms with Crippen molar-refractivity contribution in [2.24, 2.45) is 0 Å². The van der Waals surface area contributed by atoms with E-state index in [2.05, 4.69) is 4.90 Å². The third-order valence-electron chi connectivity index (χ3n) is 4.29. The first-order valence-electron chi connectivity index (χ1n) is 8.20. The van der Waals surface area contributed by atoms with Crippen LogP contribution in [-0.4, -0.2) is 41.0 Å². The predicted molar refractivity (Wildman–Crippen MR) is 85.5 cm³/mol. The highest BCUT2D eigenvalue weighted by molar-refractivity contribution is 6.00. The molecule has 0 aliphatic carbocycles. The van der Waals surface area contributed by atoms with Gasteiger partial charge in [-0.05, 0) is 45.7 Å². The van der Waals surface area contributed by atoms with E-state index in [1.54, 1.807) is 0 Å². The number of carbonyl (C=O) groups is 1. The van der Waals surface area contributed by atoms with Crippen LogP contribution in [0, 0.1) is 0 Å². The molecule has 116 valence electrons. The van der Waals surface area contributed by atoms with Gasteiger partial charge in [-0.25, -0.2) is 0 Å². The van der Waals surface area contributed by atoms with Crippen LogP contribution < -0.4 is 0 Å². The molecule has 1 heterocycles. The Hall–Kier alpha value is -1.19. The number of hydrogen-bond acceptors (Lipinski definition) is 3. The second kappa shape index (κ2) is 8.30. The number of unbranched alkanes of at least 4 members (excludes halogenated alkanes) is 1. The van der Waals surface area contributed by atoms with Crippen molar-refractivity contribution in [3.8, 4) is 0 Å². The van der Waals surface area contributed by atoms with E-state index in [4.69, 9.17) is 0 Å². The molecule has 1 aromatic rings. The summed E-state index contributed by atoms with van der Waals surface area (Å²) in [6.07, 6.45) is 5.89. The lowest BCUT2D eigenvalue weighted by atomic mass is 9.97. The largest absolute Gasteiger partial charge is 0.393 e. The van der Waals surface area contributed by atoms with Crippen molar-refractivity contribution in [1.29, 1.82) is 0 Å². The van der Waals surface area contributed by atoms with E-state index in [1.165, 1.54) is 12.8 Å². The number of likely N-dealkylation sites (tertiary alicyclic amines) is 1. The molecule has 0 spiro atoms. The summed E-state index contributed by atoms with van der Waals surface area (Å²) in [5.74, 6) is 0.259. The number of aliphatic hydroxyl groups excluding tert-OH is 1. The van der Waals surface area contributed by atoms with Crippen LogP contribution in [0.1, 0.15) is 55.8 Å². The molecule has 21 heavy (non-hydrogen) atoms. The van der Waals surface area contributed by atoms with E-state index >= 15 is 0 Å². The van der Waals surface area contributed by atoms with Gasteiger partial charge in [0, 0.05) is 5.56 Å². The number of hydrogen-bond donors (Lipinski definition) is 1. The minimum Gasteiger partial charge on any atom is -0.393 e. The minimum absolute atomic E-state index is 0.0175. The molecule has 0 radical (unpaired) electrons. The van der Waals surface area contributed by atoms with Gasteiger partial charge in [-0.15, -0.1) is 0 Å². The number of nitrogens with zero attached hydrogens (tertiary/aromatic N) is 1. The van der Waals surface area contributed by atoms with Crippen molar-refractivity contribution in [2.75, 3.05) is 13.1 Å². The van der Waals surface area contributed by atoms with Gasteiger partial charge in [0.1, 0.15) is 0 Å². The first kappa shape index (κ1) is 16.2. The van der Waals surface area contributed by atoms with Crippen LogP contribution in [0.25, 0.3) is 0 Å². The molecular formula is C18H27NO2. The maximum absolute atomic E-state index is 12.8. The van der Waals surface area contributed by atoms with Crippen LogP contribution >= 0.6 is 0 Å². The third kappa shape index (κ3) is 4.94. The summed E-state index contributed by atoms with van der Waals surface area (Å²) >= 11 is 0. The van der Waals surface area contributed by atoms with E-state index < -0.39 is 0 Å². The summed E-state index contributed by atoms with van der Waals surface area (Å²) in [6.45, 7) is 3.91. The maximum atomic E-state index is 12.8. The second-order valence-electron chi connectivity index (χ2n) is 6.12. The molecule has 1 aliphatic rings. The van der Waals surface area contributed by atoms with Crippen molar-refractivity contribution in [2.45, 2.75) is 57.6 Å². The van der Waals surface area contributed by atoms with E-state index in [0.717, 1.165) is 44.3 Å². The van der Waals surface area contributed by atoms with E-state index in [0.29, 0.717) is 0 Å². The van der Waals surface area contributed by atoms with Crippen molar-refractivity contribution in [3.63, 3.8) is 0 Å². The molecule has 3 nitrogen and oxygen atoms in total. The van der Waals surface area contributed by atoms with E-state index in [-0.39, 0.29) is 17.9 Å². The van der Waals surface area contributed by atoms with Crippen LogP contribution in [0.3, 0.4) is 0 Å². The van der Waals surface area contributed by atoms with Gasteiger partial charge in [-0.2, -0.15) is 0 Å². The molecule has 0 saturated carbocycles. The van der Waals surface area contributed by atoms with Gasteiger partial charge >= 0.3 is 0 Å². The number of aliphatic hydroxyl groups is 1. The summed E-state index contributed by atoms with van der Waals surface area (Å²) in [5.41, 5.74) is 0.824. The summed E-state index contributed by atoms with van der Waals surface area (Å²) in [5, 5.41) is 9.34. The predicted octanol–water partition coefficient (Wildman–Crippen LogP) is 3.27. The van der Waals surface area contributed by atoms with Gasteiger partial charge in [0.25, 0.3) is 0 Å². The molecule has 1 fully saturated rings. The van der Waals surface area contributed by atoms with Crippen molar-refractivity contribution in [3.05, 3.63) is 35.9 Å². The topological polar surface area (TPSA) is 40.5 Å². The van der Waals surface area contributed by atoms with Crippen molar-refractivity contribution >= 4 is 5.78 Å². The Morgan fingerprint density at radius 3 is 2.38 bits per heavy atom. The van der Waals surface area contributed by atoms with E-state index in [9.17, 15) is 9.90 Å². The lowest BCUT2D eigenvalue weighted by Crippen LogP contribution is -2.39. The van der Waals surface area contributed by atoms with Gasteiger partial charge in [-0.3, -0.25) is 9.69 Å². The van der Waals surface area contributed by atoms with Crippen LogP contribution in [-0.2, 0) is 0 Å². The number of rotatable bonds is 8. The lowest BCUT2D eigenvalue weighted by molar-refractivity contribution is 0.0833. The Kier molecular flexibility index (Phi) is 6.40. The van der Waals surface area contributed by atoms with Gasteiger partial charge < -0.3 is 5.11 Å². The average molecular weight is 289 g/mol. The van der Waals surface area contributed by atoms with Gasteiger partial charge in [0.2, 0.25) is 0 Å². The van der Waals surface area contributed by atoms with Crippen LogP contribution in [0.5, 0.6) is 0 Å². The molecule has 1 saturated heterocycles. The zero-order chi connectivity index (χ0) is 15.1. The van der Waals surface area contributed by atoms with Gasteiger partial charge in [0.15, 0.2) is 5.78 Å². The normalized spacial score (nSPS) is 18.6. The molecule has 1 aromatic carbocycles. The molecule has 2 atom stereocenters. The van der Waals surface area contributed by atoms with Crippen LogP contribution in [0.2, 0.25) is 0 Å². The third-order valence-corrected chi connectivity index (χ3v) is 4.29. The summed E-state index contributed by atoms with van der Waals surface area (Å²) in [7, 11) is 0. The Morgan fingerprint density at radius 1 is 1.14 bits per heavy atom. The molecule has 3 heteroatoms. The summed E-state index contributed by atoms with van der Waals surface area (Å²) < 4.78 is 0. The Balaban J connectivity index is 1.96.